The van der Waals surface area contributed by atoms with Gasteiger partial charge in [0.2, 0.25) is 0 Å². The van der Waals surface area contributed by atoms with Crippen molar-refractivity contribution in [3.63, 3.8) is 0 Å². The summed E-state index contributed by atoms with van der Waals surface area (Å²) in [5, 5.41) is 0. The maximum absolute atomic E-state index is 2.93. The summed E-state index contributed by atoms with van der Waals surface area (Å²) in [5.41, 5.74) is 0. The molecule has 25 heavy (non-hydrogen) atoms. The Balaban J connectivity index is 5.87. The quantitative estimate of drug-likeness (QED) is 0.368. The molecule has 0 bridgehead atoms. The fourth-order valence-electron chi connectivity index (χ4n) is 4.04. The SMILES string of the molecule is CN(C)C[Si](C)(C)N(SN([Si](C)(C)C)[Si](C)(C)CN(C)C)[Si](C)(C)C. The van der Waals surface area contributed by atoms with Crippen molar-refractivity contribution in [3.05, 3.63) is 0 Å². The normalized spacial score (nSPS) is 15.1. The Bertz CT molecular complexity index is 379. The van der Waals surface area contributed by atoms with Gasteiger partial charge >= 0.3 is 0 Å². The van der Waals surface area contributed by atoms with Gasteiger partial charge in [0.1, 0.15) is 32.9 Å². The summed E-state index contributed by atoms with van der Waals surface area (Å²) < 4.78 is 5.87. The summed E-state index contributed by atoms with van der Waals surface area (Å²) in [7, 11) is 3.01. The summed E-state index contributed by atoms with van der Waals surface area (Å²) in [6.45, 7) is 25.4. The molecular formula is C16H46N4SSi4. The van der Waals surface area contributed by atoms with E-state index in [2.05, 4.69) is 123 Å². The number of rotatable bonds is 10. The highest BCUT2D eigenvalue weighted by molar-refractivity contribution is 8.00. The van der Waals surface area contributed by atoms with Crippen LogP contribution in [-0.4, -0.2) is 90.5 Å². The summed E-state index contributed by atoms with van der Waals surface area (Å²) in [5.74, 6) is 0. The van der Waals surface area contributed by atoms with Crippen LogP contribution in [0.25, 0.3) is 0 Å². The van der Waals surface area contributed by atoms with Gasteiger partial charge < -0.3 is 9.80 Å². The van der Waals surface area contributed by atoms with Gasteiger partial charge in [-0.3, -0.25) is 7.27 Å². The van der Waals surface area contributed by atoms with Gasteiger partial charge in [0.05, 0.1) is 0 Å². The number of nitrogens with zero attached hydrogens (tertiary/aromatic N) is 4. The van der Waals surface area contributed by atoms with E-state index in [0.717, 1.165) is 0 Å². The van der Waals surface area contributed by atoms with E-state index < -0.39 is 32.9 Å². The predicted octanol–water partition coefficient (Wildman–Crippen LogP) is 4.44. The molecule has 0 N–H and O–H groups in total. The third-order valence-electron chi connectivity index (χ3n) is 3.89. The first-order valence-corrected chi connectivity index (χ1v) is 23.3. The number of hydrogen-bond donors (Lipinski definition) is 0. The molecule has 4 nitrogen and oxygen atoms in total. The van der Waals surface area contributed by atoms with Crippen molar-refractivity contribution < 1.29 is 0 Å². The van der Waals surface area contributed by atoms with Crippen molar-refractivity contribution >= 4 is 45.1 Å². The lowest BCUT2D eigenvalue weighted by Crippen LogP contribution is -2.67. The van der Waals surface area contributed by atoms with E-state index in [4.69, 9.17) is 0 Å². The van der Waals surface area contributed by atoms with Crippen molar-refractivity contribution in [2.75, 3.05) is 40.5 Å². The Labute approximate surface area is 167 Å². The first-order valence-electron chi connectivity index (χ1n) is 9.39. The lowest BCUT2D eigenvalue weighted by molar-refractivity contribution is 0.462. The zero-order valence-corrected chi connectivity index (χ0v) is 24.4. The molecule has 0 aliphatic carbocycles. The Morgan fingerprint density at radius 3 is 0.920 bits per heavy atom. The van der Waals surface area contributed by atoms with Gasteiger partial charge in [-0.1, -0.05) is 65.5 Å². The maximum Gasteiger partial charge on any atom is 0.141 e. The molecule has 0 heterocycles. The second-order valence-corrected chi connectivity index (χ2v) is 32.6. The molecular weight excluding hydrogens is 393 g/mol. The first kappa shape index (κ1) is 26.1. The van der Waals surface area contributed by atoms with Crippen LogP contribution in [0.1, 0.15) is 0 Å². The molecule has 0 saturated carbocycles. The molecule has 0 amide bonds. The molecule has 0 spiro atoms. The van der Waals surface area contributed by atoms with E-state index in [1.807, 2.05) is 0 Å². The molecule has 0 aliphatic heterocycles. The molecule has 0 radical (unpaired) electrons. The van der Waals surface area contributed by atoms with E-state index in [9.17, 15) is 0 Å². The van der Waals surface area contributed by atoms with Crippen molar-refractivity contribution in [2.45, 2.75) is 65.5 Å². The molecule has 0 unspecified atom stereocenters. The summed E-state index contributed by atoms with van der Waals surface area (Å²) in [4.78, 5) is 4.78. The largest absolute Gasteiger partial charge is 0.311 e. The van der Waals surface area contributed by atoms with Crippen LogP contribution in [0.4, 0.5) is 0 Å². The minimum atomic E-state index is -1.52. The second-order valence-electron chi connectivity index (χ2n) is 11.1. The third kappa shape index (κ3) is 8.73. The van der Waals surface area contributed by atoms with Gasteiger partial charge in [-0.15, -0.1) is 0 Å². The highest BCUT2D eigenvalue weighted by Crippen LogP contribution is 2.37. The van der Waals surface area contributed by atoms with E-state index in [1.54, 1.807) is 0 Å². The van der Waals surface area contributed by atoms with E-state index in [0.29, 0.717) is 0 Å². The van der Waals surface area contributed by atoms with Gasteiger partial charge in [-0.05, 0) is 40.3 Å². The Kier molecular flexibility index (Phi) is 9.42. The molecule has 0 rings (SSSR count). The molecule has 0 saturated heterocycles. The first-order chi connectivity index (χ1) is 10.8. The summed E-state index contributed by atoms with van der Waals surface area (Å²) in [6.07, 6.45) is 2.44. The fourth-order valence-corrected chi connectivity index (χ4v) is 28.5. The van der Waals surface area contributed by atoms with Crippen molar-refractivity contribution in [1.29, 1.82) is 0 Å². The van der Waals surface area contributed by atoms with E-state index in [-0.39, 0.29) is 0 Å². The molecule has 0 fully saturated rings. The average molecular weight is 439 g/mol. The van der Waals surface area contributed by atoms with Gasteiger partial charge in [-0.25, -0.2) is 0 Å². The van der Waals surface area contributed by atoms with Crippen LogP contribution >= 0.6 is 12.1 Å². The van der Waals surface area contributed by atoms with Crippen molar-refractivity contribution in [3.8, 4) is 0 Å². The minimum absolute atomic E-state index is 1.22. The van der Waals surface area contributed by atoms with Crippen LogP contribution in [0.3, 0.4) is 0 Å². The smallest absolute Gasteiger partial charge is 0.141 e. The highest BCUT2D eigenvalue weighted by atomic mass is 32.2. The Hall–Kier alpha value is 1.06. The second kappa shape index (κ2) is 9.04. The van der Waals surface area contributed by atoms with Gasteiger partial charge in [0, 0.05) is 12.3 Å². The van der Waals surface area contributed by atoms with Gasteiger partial charge in [0.25, 0.3) is 0 Å². The highest BCUT2D eigenvalue weighted by Gasteiger charge is 2.46. The molecule has 0 aromatic rings. The summed E-state index contributed by atoms with van der Waals surface area (Å²) >= 11 is 2.16. The van der Waals surface area contributed by atoms with Gasteiger partial charge in [0.15, 0.2) is 0 Å². The van der Waals surface area contributed by atoms with Crippen LogP contribution in [0.2, 0.25) is 65.5 Å². The van der Waals surface area contributed by atoms with Crippen LogP contribution in [0, 0.1) is 0 Å². The van der Waals surface area contributed by atoms with Crippen LogP contribution in [0.15, 0.2) is 0 Å². The molecule has 9 heteroatoms. The fraction of sp³-hybridized carbons (Fsp3) is 1.00. The molecule has 0 aliphatic rings. The van der Waals surface area contributed by atoms with Crippen LogP contribution in [-0.2, 0) is 0 Å². The Morgan fingerprint density at radius 1 is 0.520 bits per heavy atom. The molecule has 0 aromatic heterocycles. The molecule has 0 atom stereocenters. The van der Waals surface area contributed by atoms with Crippen molar-refractivity contribution in [1.82, 2.24) is 17.1 Å². The minimum Gasteiger partial charge on any atom is -0.311 e. The van der Waals surface area contributed by atoms with Crippen LogP contribution in [0.5, 0.6) is 0 Å². The third-order valence-corrected chi connectivity index (χ3v) is 26.6. The molecule has 152 valence electrons. The Morgan fingerprint density at radius 2 is 0.760 bits per heavy atom. The zero-order chi connectivity index (χ0) is 20.4. The standard InChI is InChI=1S/C16H46N4SSi4/c1-17(2)15-24(11,12)19(22(5,6)7)21-20(23(8,9)10)25(13,14)16-18(3)4/h15-16H2,1-14H3. The maximum atomic E-state index is 2.93. The summed E-state index contributed by atoms with van der Waals surface area (Å²) in [6, 6.07) is 0. The topological polar surface area (TPSA) is 13.0 Å². The monoisotopic (exact) mass is 438 g/mol. The van der Waals surface area contributed by atoms with Crippen LogP contribution < -0.4 is 0 Å². The zero-order valence-electron chi connectivity index (χ0n) is 19.6. The predicted molar refractivity (Wildman–Crippen MR) is 130 cm³/mol. The van der Waals surface area contributed by atoms with E-state index in [1.165, 1.54) is 12.3 Å². The van der Waals surface area contributed by atoms with Crippen molar-refractivity contribution in [2.24, 2.45) is 0 Å². The average Bonchev–Trinajstić information content (AvgIpc) is 2.19. The number of hydrogen-bond acceptors (Lipinski definition) is 5. The lowest BCUT2D eigenvalue weighted by atomic mass is 11.0. The lowest BCUT2D eigenvalue weighted by Gasteiger charge is -2.53. The van der Waals surface area contributed by atoms with E-state index >= 15 is 0 Å². The molecule has 0 aromatic carbocycles. The van der Waals surface area contributed by atoms with Gasteiger partial charge in [-0.2, -0.15) is 0 Å².